The summed E-state index contributed by atoms with van der Waals surface area (Å²) in [7, 11) is 1.91. The fourth-order valence-corrected chi connectivity index (χ4v) is 1.56. The smallest absolute Gasteiger partial charge is 0.0613 e. The minimum Gasteiger partial charge on any atom is -0.394 e. The molecule has 0 aromatic carbocycles. The Morgan fingerprint density at radius 1 is 1.40 bits per heavy atom. The van der Waals surface area contributed by atoms with Gasteiger partial charge in [-0.3, -0.25) is 0 Å². The molecule has 0 aliphatic carbocycles. The van der Waals surface area contributed by atoms with Crippen LogP contribution >= 0.6 is 0 Å². The molecule has 3 heteroatoms. The molecule has 2 unspecified atom stereocenters. The minimum atomic E-state index is -0.112. The van der Waals surface area contributed by atoms with Crippen molar-refractivity contribution in [1.82, 2.24) is 5.32 Å². The highest BCUT2D eigenvalue weighted by molar-refractivity contribution is 4.84. The second-order valence-corrected chi connectivity index (χ2v) is 4.24. The van der Waals surface area contributed by atoms with Crippen LogP contribution in [0.15, 0.2) is 0 Å². The highest BCUT2D eigenvalue weighted by Crippen LogP contribution is 2.16. The largest absolute Gasteiger partial charge is 0.394 e. The Balaban J connectivity index is 3.72. The molecule has 0 aliphatic heterocycles. The number of likely N-dealkylation sites (N-methyl/N-ethyl adjacent to an activating group) is 1. The van der Waals surface area contributed by atoms with Crippen LogP contribution in [0.5, 0.6) is 0 Å². The van der Waals surface area contributed by atoms with Crippen molar-refractivity contribution in [2.75, 3.05) is 20.3 Å². The van der Waals surface area contributed by atoms with E-state index in [0.717, 1.165) is 32.3 Å². The Morgan fingerprint density at radius 2 is 2.07 bits per heavy atom. The van der Waals surface area contributed by atoms with E-state index >= 15 is 0 Å². The summed E-state index contributed by atoms with van der Waals surface area (Å²) in [6.45, 7) is 7.31. The Morgan fingerprint density at radius 3 is 2.47 bits per heavy atom. The van der Waals surface area contributed by atoms with Crippen LogP contribution in [-0.4, -0.2) is 37.0 Å². The number of nitrogens with one attached hydrogen (secondary N) is 1. The number of hydrogen-bond donors (Lipinski definition) is 2. The van der Waals surface area contributed by atoms with Crippen LogP contribution in [0, 0.1) is 0 Å². The van der Waals surface area contributed by atoms with Gasteiger partial charge in [0, 0.05) is 12.1 Å². The fourth-order valence-electron chi connectivity index (χ4n) is 1.56. The summed E-state index contributed by atoms with van der Waals surface area (Å²) in [4.78, 5) is 0. The van der Waals surface area contributed by atoms with E-state index in [1.165, 1.54) is 0 Å². The highest BCUT2D eigenvalue weighted by atomic mass is 16.5. The van der Waals surface area contributed by atoms with Gasteiger partial charge >= 0.3 is 0 Å². The molecule has 0 heterocycles. The number of aliphatic hydroxyl groups excluding tert-OH is 1. The molecule has 0 rings (SSSR count). The van der Waals surface area contributed by atoms with Crippen LogP contribution in [0.3, 0.4) is 0 Å². The Labute approximate surface area is 94.2 Å². The molecule has 0 saturated carbocycles. The lowest BCUT2D eigenvalue weighted by Crippen LogP contribution is -2.46. The molecule has 0 aliphatic rings. The molecule has 0 aromatic heterocycles. The second kappa shape index (κ2) is 8.08. The van der Waals surface area contributed by atoms with Crippen molar-refractivity contribution < 1.29 is 9.84 Å². The molecule has 0 aromatic rings. The first kappa shape index (κ1) is 14.9. The van der Waals surface area contributed by atoms with Crippen molar-refractivity contribution in [3.8, 4) is 0 Å². The Kier molecular flexibility index (Phi) is 8.02. The first-order chi connectivity index (χ1) is 7.14. The van der Waals surface area contributed by atoms with Gasteiger partial charge in [-0.15, -0.1) is 0 Å². The first-order valence-electron chi connectivity index (χ1n) is 6.05. The lowest BCUT2D eigenvalue weighted by atomic mass is 9.92. The first-order valence-corrected chi connectivity index (χ1v) is 6.05. The Bertz CT molecular complexity index is 138. The van der Waals surface area contributed by atoms with E-state index in [1.54, 1.807) is 0 Å². The van der Waals surface area contributed by atoms with Crippen molar-refractivity contribution >= 4 is 0 Å². The standard InChI is InChI=1S/C12H27NO2/c1-5-11(3)15-9-7-8-12(6-2,10-14)13-4/h11,13-14H,5-10H2,1-4H3. The summed E-state index contributed by atoms with van der Waals surface area (Å²) < 4.78 is 5.61. The van der Waals surface area contributed by atoms with E-state index in [4.69, 9.17) is 4.74 Å². The van der Waals surface area contributed by atoms with Crippen LogP contribution in [0.2, 0.25) is 0 Å². The van der Waals surface area contributed by atoms with Gasteiger partial charge < -0.3 is 15.2 Å². The summed E-state index contributed by atoms with van der Waals surface area (Å²) in [5.74, 6) is 0. The minimum absolute atomic E-state index is 0.112. The zero-order valence-electron chi connectivity index (χ0n) is 10.7. The van der Waals surface area contributed by atoms with E-state index in [-0.39, 0.29) is 12.1 Å². The summed E-state index contributed by atoms with van der Waals surface area (Å²) in [6, 6.07) is 0. The molecule has 2 atom stereocenters. The molecule has 92 valence electrons. The maximum atomic E-state index is 9.33. The van der Waals surface area contributed by atoms with Gasteiger partial charge in [0.1, 0.15) is 0 Å². The normalized spacial score (nSPS) is 17.4. The fraction of sp³-hybridized carbons (Fsp3) is 1.00. The molecule has 15 heavy (non-hydrogen) atoms. The monoisotopic (exact) mass is 217 g/mol. The third-order valence-corrected chi connectivity index (χ3v) is 3.29. The SMILES string of the molecule is CCC(C)OCCCC(CC)(CO)NC. The van der Waals surface area contributed by atoms with Gasteiger partial charge in [-0.2, -0.15) is 0 Å². The van der Waals surface area contributed by atoms with Crippen molar-refractivity contribution in [3.05, 3.63) is 0 Å². The lowest BCUT2D eigenvalue weighted by Gasteiger charge is -2.30. The molecular weight excluding hydrogens is 190 g/mol. The third-order valence-electron chi connectivity index (χ3n) is 3.29. The summed E-state index contributed by atoms with van der Waals surface area (Å²) >= 11 is 0. The maximum Gasteiger partial charge on any atom is 0.0613 e. The van der Waals surface area contributed by atoms with Crippen LogP contribution in [-0.2, 0) is 4.74 Å². The van der Waals surface area contributed by atoms with Crippen molar-refractivity contribution in [2.24, 2.45) is 0 Å². The van der Waals surface area contributed by atoms with Crippen molar-refractivity contribution in [2.45, 2.75) is 58.1 Å². The van der Waals surface area contributed by atoms with Crippen LogP contribution in [0.4, 0.5) is 0 Å². The summed E-state index contributed by atoms with van der Waals surface area (Å²) in [5.41, 5.74) is -0.112. The molecule has 2 N–H and O–H groups in total. The van der Waals surface area contributed by atoms with E-state index in [0.29, 0.717) is 6.10 Å². The topological polar surface area (TPSA) is 41.5 Å². The Hall–Kier alpha value is -0.120. The number of hydrogen-bond acceptors (Lipinski definition) is 3. The van der Waals surface area contributed by atoms with Gasteiger partial charge in [-0.25, -0.2) is 0 Å². The van der Waals surface area contributed by atoms with Gasteiger partial charge in [-0.1, -0.05) is 13.8 Å². The summed E-state index contributed by atoms with van der Waals surface area (Å²) in [6.07, 6.45) is 4.32. The van der Waals surface area contributed by atoms with Gasteiger partial charge in [0.25, 0.3) is 0 Å². The van der Waals surface area contributed by atoms with E-state index in [9.17, 15) is 5.11 Å². The van der Waals surface area contributed by atoms with Crippen molar-refractivity contribution in [1.29, 1.82) is 0 Å². The zero-order chi connectivity index (χ0) is 11.7. The molecule has 0 fully saturated rings. The molecule has 0 radical (unpaired) electrons. The molecule has 0 bridgehead atoms. The summed E-state index contributed by atoms with van der Waals surface area (Å²) in [5, 5.41) is 12.5. The molecule has 0 amide bonds. The third kappa shape index (κ3) is 5.50. The van der Waals surface area contributed by atoms with E-state index in [2.05, 4.69) is 26.1 Å². The zero-order valence-corrected chi connectivity index (χ0v) is 10.7. The van der Waals surface area contributed by atoms with Crippen LogP contribution in [0.25, 0.3) is 0 Å². The average Bonchev–Trinajstić information content (AvgIpc) is 2.30. The molecule has 0 spiro atoms. The highest BCUT2D eigenvalue weighted by Gasteiger charge is 2.24. The van der Waals surface area contributed by atoms with Gasteiger partial charge in [-0.05, 0) is 39.7 Å². The van der Waals surface area contributed by atoms with Crippen LogP contribution in [0.1, 0.15) is 46.5 Å². The second-order valence-electron chi connectivity index (χ2n) is 4.24. The van der Waals surface area contributed by atoms with Gasteiger partial charge in [0.15, 0.2) is 0 Å². The number of ether oxygens (including phenoxy) is 1. The van der Waals surface area contributed by atoms with Gasteiger partial charge in [0.05, 0.1) is 12.7 Å². The van der Waals surface area contributed by atoms with Crippen molar-refractivity contribution in [3.63, 3.8) is 0 Å². The van der Waals surface area contributed by atoms with Gasteiger partial charge in [0.2, 0.25) is 0 Å². The predicted octanol–water partition coefficient (Wildman–Crippen LogP) is 1.94. The number of aliphatic hydroxyl groups is 1. The molecule has 0 saturated heterocycles. The maximum absolute atomic E-state index is 9.33. The quantitative estimate of drug-likeness (QED) is 0.580. The number of rotatable bonds is 9. The molecular formula is C12H27NO2. The van der Waals surface area contributed by atoms with Crippen LogP contribution < -0.4 is 5.32 Å². The van der Waals surface area contributed by atoms with E-state index in [1.807, 2.05) is 7.05 Å². The lowest BCUT2D eigenvalue weighted by molar-refractivity contribution is 0.0524. The predicted molar refractivity (Wildman–Crippen MR) is 64.1 cm³/mol. The average molecular weight is 217 g/mol. The molecule has 3 nitrogen and oxygen atoms in total. The van der Waals surface area contributed by atoms with E-state index < -0.39 is 0 Å².